The largest absolute Gasteiger partial charge is 0.382 e. The van der Waals surface area contributed by atoms with Gasteiger partial charge in [0.05, 0.1) is 46.1 Å². The molecule has 206 valence electrons. The molecule has 3 amide bonds. The molecule has 0 bridgehead atoms. The molecule has 0 aliphatic carbocycles. The highest BCUT2D eigenvalue weighted by Crippen LogP contribution is 2.00. The fourth-order valence-corrected chi connectivity index (χ4v) is 3.12. The monoisotopic (exact) mass is 503 g/mol. The van der Waals surface area contributed by atoms with Crippen LogP contribution in [0.25, 0.3) is 0 Å². The second-order valence-electron chi connectivity index (χ2n) is 8.36. The molecule has 10 heteroatoms. The van der Waals surface area contributed by atoms with Crippen molar-refractivity contribution in [2.45, 2.75) is 77.7 Å². The number of rotatable bonds is 25. The van der Waals surface area contributed by atoms with E-state index in [0.717, 1.165) is 51.4 Å². The molecule has 0 radical (unpaired) electrons. The highest BCUT2D eigenvalue weighted by atomic mass is 16.6. The number of carbonyl (C=O) groups is 3. The average Bonchev–Trinajstić information content (AvgIpc) is 2.84. The van der Waals surface area contributed by atoms with Crippen molar-refractivity contribution in [3.63, 3.8) is 0 Å². The molecule has 0 saturated carbocycles. The van der Waals surface area contributed by atoms with Crippen LogP contribution in [0.5, 0.6) is 0 Å². The second kappa shape index (κ2) is 25.3. The molecule has 3 N–H and O–H groups in total. The summed E-state index contributed by atoms with van der Waals surface area (Å²) in [6.07, 6.45) is 8.21. The van der Waals surface area contributed by atoms with Crippen LogP contribution in [0.1, 0.15) is 71.6 Å². The van der Waals surface area contributed by atoms with Crippen molar-refractivity contribution in [1.29, 1.82) is 0 Å². The van der Waals surface area contributed by atoms with Crippen molar-refractivity contribution in [3.8, 4) is 0 Å². The molecule has 0 fully saturated rings. The lowest BCUT2D eigenvalue weighted by Crippen LogP contribution is -2.50. The van der Waals surface area contributed by atoms with Crippen LogP contribution in [0.15, 0.2) is 0 Å². The van der Waals surface area contributed by atoms with Crippen molar-refractivity contribution < 1.29 is 33.3 Å². The van der Waals surface area contributed by atoms with Crippen LogP contribution < -0.4 is 16.0 Å². The molecular weight excluding hydrogens is 454 g/mol. The summed E-state index contributed by atoms with van der Waals surface area (Å²) >= 11 is 0. The Morgan fingerprint density at radius 1 is 0.657 bits per heavy atom. The standard InChI is InChI=1S/C25H49N3O7/c1-4-6-8-10-12-26-23(29)20-22(25(31)27-13-11-9-7-5-2)28-24(30)21-35-19-18-34-17-16-33-15-14-32-3/h22H,4-21H2,1-3H3,(H,26,29)(H,27,31)(H,28,30)/t22-/m0/s1. The zero-order chi connectivity index (χ0) is 26.0. The smallest absolute Gasteiger partial charge is 0.246 e. The van der Waals surface area contributed by atoms with Gasteiger partial charge < -0.3 is 34.9 Å². The summed E-state index contributed by atoms with van der Waals surface area (Å²) in [6.45, 7) is 7.62. The van der Waals surface area contributed by atoms with E-state index < -0.39 is 11.9 Å². The number of hydrogen-bond acceptors (Lipinski definition) is 7. The summed E-state index contributed by atoms with van der Waals surface area (Å²) in [5, 5.41) is 8.30. The third kappa shape index (κ3) is 22.5. The predicted molar refractivity (Wildman–Crippen MR) is 135 cm³/mol. The van der Waals surface area contributed by atoms with E-state index in [1.165, 1.54) is 0 Å². The van der Waals surface area contributed by atoms with Gasteiger partial charge in [-0.15, -0.1) is 0 Å². The minimum Gasteiger partial charge on any atom is -0.382 e. The van der Waals surface area contributed by atoms with Crippen LogP contribution in [0, 0.1) is 0 Å². The van der Waals surface area contributed by atoms with Crippen LogP contribution in [-0.2, 0) is 33.3 Å². The van der Waals surface area contributed by atoms with Gasteiger partial charge in [-0.3, -0.25) is 14.4 Å². The molecule has 0 rings (SSSR count). The van der Waals surface area contributed by atoms with E-state index in [0.29, 0.717) is 46.1 Å². The lowest BCUT2D eigenvalue weighted by Gasteiger charge is -2.18. The molecule has 0 aromatic carbocycles. The highest BCUT2D eigenvalue weighted by Gasteiger charge is 2.23. The van der Waals surface area contributed by atoms with Gasteiger partial charge in [0, 0.05) is 20.2 Å². The molecule has 0 aliphatic rings. The van der Waals surface area contributed by atoms with Gasteiger partial charge in [0.2, 0.25) is 17.7 Å². The zero-order valence-electron chi connectivity index (χ0n) is 22.2. The van der Waals surface area contributed by atoms with Crippen molar-refractivity contribution in [1.82, 2.24) is 16.0 Å². The van der Waals surface area contributed by atoms with Gasteiger partial charge in [0.25, 0.3) is 0 Å². The van der Waals surface area contributed by atoms with Crippen LogP contribution in [0.2, 0.25) is 0 Å². The Morgan fingerprint density at radius 2 is 1.20 bits per heavy atom. The topological polar surface area (TPSA) is 124 Å². The van der Waals surface area contributed by atoms with E-state index in [1.54, 1.807) is 7.11 Å². The first-order valence-corrected chi connectivity index (χ1v) is 13.1. The molecule has 35 heavy (non-hydrogen) atoms. The van der Waals surface area contributed by atoms with Gasteiger partial charge in [-0.2, -0.15) is 0 Å². The van der Waals surface area contributed by atoms with Crippen molar-refractivity contribution in [3.05, 3.63) is 0 Å². The minimum absolute atomic E-state index is 0.105. The zero-order valence-corrected chi connectivity index (χ0v) is 22.2. The Labute approximate surface area is 211 Å². The number of nitrogens with one attached hydrogen (secondary N) is 3. The summed E-state index contributed by atoms with van der Waals surface area (Å²) in [5.74, 6) is -1.06. The fraction of sp³-hybridized carbons (Fsp3) is 0.880. The SMILES string of the molecule is CCCCCCNC(=O)C[C@H](NC(=O)COCCOCCOCCOC)C(=O)NCCCCCC. The number of carbonyl (C=O) groups excluding carboxylic acids is 3. The van der Waals surface area contributed by atoms with E-state index >= 15 is 0 Å². The fourth-order valence-electron chi connectivity index (χ4n) is 3.12. The lowest BCUT2D eigenvalue weighted by atomic mass is 10.1. The Morgan fingerprint density at radius 3 is 1.77 bits per heavy atom. The molecule has 10 nitrogen and oxygen atoms in total. The van der Waals surface area contributed by atoms with Gasteiger partial charge in [-0.1, -0.05) is 52.4 Å². The average molecular weight is 504 g/mol. The number of methoxy groups -OCH3 is 1. The third-order valence-electron chi connectivity index (χ3n) is 5.13. The van der Waals surface area contributed by atoms with Crippen molar-refractivity contribution in [2.24, 2.45) is 0 Å². The summed E-state index contributed by atoms with van der Waals surface area (Å²) in [7, 11) is 1.61. The Kier molecular flexibility index (Phi) is 24.1. The van der Waals surface area contributed by atoms with Crippen LogP contribution in [0.4, 0.5) is 0 Å². The van der Waals surface area contributed by atoms with Crippen LogP contribution in [-0.4, -0.2) is 90.2 Å². The highest BCUT2D eigenvalue weighted by molar-refractivity contribution is 5.92. The third-order valence-corrected chi connectivity index (χ3v) is 5.13. The van der Waals surface area contributed by atoms with Gasteiger partial charge in [-0.05, 0) is 12.8 Å². The molecule has 0 aromatic rings. The Hall–Kier alpha value is -1.75. The quantitative estimate of drug-likeness (QED) is 0.163. The maximum Gasteiger partial charge on any atom is 0.246 e. The first kappa shape index (κ1) is 33.2. The first-order chi connectivity index (χ1) is 17.0. The van der Waals surface area contributed by atoms with Crippen LogP contribution in [0.3, 0.4) is 0 Å². The van der Waals surface area contributed by atoms with Gasteiger partial charge in [0.1, 0.15) is 12.6 Å². The summed E-state index contributed by atoms with van der Waals surface area (Å²) in [4.78, 5) is 37.2. The van der Waals surface area contributed by atoms with Gasteiger partial charge in [0.15, 0.2) is 0 Å². The molecule has 0 aromatic heterocycles. The van der Waals surface area contributed by atoms with Crippen molar-refractivity contribution >= 4 is 17.7 Å². The number of hydrogen-bond donors (Lipinski definition) is 3. The number of unbranched alkanes of at least 4 members (excludes halogenated alkanes) is 6. The molecule has 1 atom stereocenters. The second-order valence-corrected chi connectivity index (χ2v) is 8.36. The maximum atomic E-state index is 12.6. The van der Waals surface area contributed by atoms with E-state index in [-0.39, 0.29) is 31.4 Å². The maximum absolute atomic E-state index is 12.6. The van der Waals surface area contributed by atoms with Crippen molar-refractivity contribution in [2.75, 3.05) is 66.4 Å². The molecular formula is C25H49N3O7. The van der Waals surface area contributed by atoms with Crippen LogP contribution >= 0.6 is 0 Å². The molecule has 0 unspecified atom stereocenters. The summed E-state index contributed by atoms with van der Waals surface area (Å²) in [6, 6.07) is -0.937. The first-order valence-electron chi connectivity index (χ1n) is 13.1. The predicted octanol–water partition coefficient (Wildman–Crippen LogP) is 1.95. The van der Waals surface area contributed by atoms with E-state index in [4.69, 9.17) is 18.9 Å². The minimum atomic E-state index is -0.937. The normalized spacial score (nSPS) is 11.7. The Bertz CT molecular complexity index is 535. The van der Waals surface area contributed by atoms with Gasteiger partial charge in [-0.25, -0.2) is 0 Å². The summed E-state index contributed by atoms with van der Waals surface area (Å²) in [5.41, 5.74) is 0. The number of ether oxygens (including phenoxy) is 4. The van der Waals surface area contributed by atoms with Gasteiger partial charge >= 0.3 is 0 Å². The lowest BCUT2D eigenvalue weighted by molar-refractivity contribution is -0.133. The molecule has 0 heterocycles. The molecule has 0 saturated heterocycles. The Balaban J connectivity index is 4.31. The van der Waals surface area contributed by atoms with E-state index in [9.17, 15) is 14.4 Å². The number of amides is 3. The van der Waals surface area contributed by atoms with E-state index in [2.05, 4.69) is 29.8 Å². The molecule has 0 aliphatic heterocycles. The molecule has 0 spiro atoms. The van der Waals surface area contributed by atoms with E-state index in [1.807, 2.05) is 0 Å². The summed E-state index contributed by atoms with van der Waals surface area (Å²) < 4.78 is 20.8.